The summed E-state index contributed by atoms with van der Waals surface area (Å²) >= 11 is 6.80. The van der Waals surface area contributed by atoms with Gasteiger partial charge in [-0.1, -0.05) is 11.6 Å². The van der Waals surface area contributed by atoms with Gasteiger partial charge in [-0.05, 0) is 25.5 Å². The van der Waals surface area contributed by atoms with Gasteiger partial charge in [-0.25, -0.2) is 9.78 Å². The number of ether oxygens (including phenoxy) is 1. The molecule has 0 aliphatic carbocycles. The van der Waals surface area contributed by atoms with Crippen LogP contribution in [0.2, 0.25) is 5.02 Å². The van der Waals surface area contributed by atoms with Crippen molar-refractivity contribution < 1.29 is 27.8 Å². The maximum absolute atomic E-state index is 13.0. The highest BCUT2D eigenvalue weighted by Gasteiger charge is 2.39. The Balaban J connectivity index is 1.66. The Kier molecular flexibility index (Phi) is 9.59. The molecule has 0 saturated carbocycles. The van der Waals surface area contributed by atoms with E-state index in [-0.39, 0.29) is 40.9 Å². The minimum Gasteiger partial charge on any atom is -0.453 e. The zero-order valence-corrected chi connectivity index (χ0v) is 23.7. The van der Waals surface area contributed by atoms with E-state index in [2.05, 4.69) is 47.1 Å². The molecule has 43 heavy (non-hydrogen) atoms. The number of carbonyl (C=O) groups excluding carboxylic acids is 1. The lowest BCUT2D eigenvalue weighted by Gasteiger charge is -2.41. The summed E-state index contributed by atoms with van der Waals surface area (Å²) in [5.74, 6) is 0.395. The van der Waals surface area contributed by atoms with E-state index in [1.807, 2.05) is 13.0 Å². The Bertz CT molecular complexity index is 1570. The van der Waals surface area contributed by atoms with E-state index in [0.717, 1.165) is 0 Å². The summed E-state index contributed by atoms with van der Waals surface area (Å²) in [5.41, 5.74) is 1.34. The van der Waals surface area contributed by atoms with Gasteiger partial charge in [-0.2, -0.15) is 33.2 Å². The molecule has 228 valence electrons. The standard InChI is InChI=1S/C25H27ClF3N11O3/c1-3-32-21-22-34-10-14(9-31)40(22)38-23(37-21)35-16-6-13(8-30)7-18(20(16)26)39-5-4-15(36-24(42)43-2)17(12-39)33-11-19(41)25(27,28)29/h6-7,10,15,17,19,33,41H,3-5,11-12H2,1-2H3,(H,36,42)(H2,32,35,37,38)/t15-,17-,19?/m1/s1. The number of carbonyl (C=O) groups is 1. The third-order valence-corrected chi connectivity index (χ3v) is 7.04. The van der Waals surface area contributed by atoms with Crippen molar-refractivity contribution >= 4 is 46.5 Å². The van der Waals surface area contributed by atoms with Gasteiger partial charge in [0.25, 0.3) is 0 Å². The van der Waals surface area contributed by atoms with E-state index in [9.17, 15) is 33.6 Å². The molecule has 1 aliphatic heterocycles. The van der Waals surface area contributed by atoms with E-state index >= 15 is 0 Å². The second-order valence-electron chi connectivity index (χ2n) is 9.45. The first-order chi connectivity index (χ1) is 20.5. The lowest BCUT2D eigenvalue weighted by Crippen LogP contribution is -2.61. The number of rotatable bonds is 9. The minimum absolute atomic E-state index is 0.0440. The summed E-state index contributed by atoms with van der Waals surface area (Å²) in [4.78, 5) is 22.3. The molecular formula is C25H27ClF3N11O3. The zero-order valence-electron chi connectivity index (χ0n) is 22.9. The summed E-state index contributed by atoms with van der Waals surface area (Å²) in [6.45, 7) is 1.91. The topological polar surface area (TPSA) is 189 Å². The second-order valence-corrected chi connectivity index (χ2v) is 9.83. The van der Waals surface area contributed by atoms with E-state index in [1.165, 1.54) is 30.0 Å². The van der Waals surface area contributed by atoms with Crippen LogP contribution in [0.25, 0.3) is 5.65 Å². The first-order valence-corrected chi connectivity index (χ1v) is 13.3. The van der Waals surface area contributed by atoms with Crippen LogP contribution in [-0.2, 0) is 4.74 Å². The molecule has 1 aliphatic rings. The van der Waals surface area contributed by atoms with Crippen LogP contribution >= 0.6 is 11.6 Å². The van der Waals surface area contributed by atoms with Gasteiger partial charge >= 0.3 is 12.3 Å². The maximum atomic E-state index is 13.0. The van der Waals surface area contributed by atoms with Crippen LogP contribution in [-0.4, -0.2) is 88.4 Å². The van der Waals surface area contributed by atoms with Crippen LogP contribution < -0.4 is 26.2 Å². The summed E-state index contributed by atoms with van der Waals surface area (Å²) in [5, 5.41) is 44.6. The number of amides is 1. The number of benzene rings is 1. The number of hydrogen-bond acceptors (Lipinski definition) is 12. The second kappa shape index (κ2) is 13.2. The van der Waals surface area contributed by atoms with E-state index < -0.39 is 37.0 Å². The molecule has 5 N–H and O–H groups in total. The Morgan fingerprint density at radius 3 is 2.72 bits per heavy atom. The molecular weight excluding hydrogens is 595 g/mol. The van der Waals surface area contributed by atoms with Gasteiger partial charge in [0.1, 0.15) is 6.07 Å². The summed E-state index contributed by atoms with van der Waals surface area (Å²) in [6.07, 6.45) is -6.59. The number of imidazole rings is 1. The first kappa shape index (κ1) is 31.4. The summed E-state index contributed by atoms with van der Waals surface area (Å²) < 4.78 is 44.8. The molecule has 3 aromatic rings. The van der Waals surface area contributed by atoms with Crippen molar-refractivity contribution in [1.29, 1.82) is 10.5 Å². The van der Waals surface area contributed by atoms with Crippen molar-refractivity contribution in [3.63, 3.8) is 0 Å². The Morgan fingerprint density at radius 2 is 2.07 bits per heavy atom. The van der Waals surface area contributed by atoms with Gasteiger partial charge in [0.15, 0.2) is 23.3 Å². The number of nitriles is 2. The van der Waals surface area contributed by atoms with Gasteiger partial charge in [0.2, 0.25) is 5.95 Å². The monoisotopic (exact) mass is 621 g/mol. The van der Waals surface area contributed by atoms with Gasteiger partial charge in [-0.3, -0.25) is 0 Å². The molecule has 3 heterocycles. The van der Waals surface area contributed by atoms with E-state index in [1.54, 1.807) is 4.90 Å². The lowest BCUT2D eigenvalue weighted by atomic mass is 9.98. The maximum Gasteiger partial charge on any atom is 0.415 e. The number of anilines is 4. The summed E-state index contributed by atoms with van der Waals surface area (Å²) in [6, 6.07) is 5.68. The van der Waals surface area contributed by atoms with Crippen molar-refractivity contribution in [2.24, 2.45) is 0 Å². The highest BCUT2D eigenvalue weighted by atomic mass is 35.5. The molecule has 1 unspecified atom stereocenters. The number of piperidine rings is 1. The summed E-state index contributed by atoms with van der Waals surface area (Å²) in [7, 11) is 1.17. The molecule has 2 aromatic heterocycles. The molecule has 1 fully saturated rings. The van der Waals surface area contributed by atoms with Crippen LogP contribution in [0.15, 0.2) is 18.3 Å². The molecule has 0 radical (unpaired) electrons. The quantitative estimate of drug-likeness (QED) is 0.235. The number of nitrogens with one attached hydrogen (secondary N) is 4. The Labute approximate surface area is 248 Å². The van der Waals surface area contributed by atoms with Crippen molar-refractivity contribution in [1.82, 2.24) is 30.2 Å². The van der Waals surface area contributed by atoms with Crippen LogP contribution in [0.1, 0.15) is 24.6 Å². The van der Waals surface area contributed by atoms with E-state index in [4.69, 9.17) is 11.6 Å². The number of fused-ring (bicyclic) bond motifs is 1. The van der Waals surface area contributed by atoms with Gasteiger partial charge in [0, 0.05) is 32.2 Å². The highest BCUT2D eigenvalue weighted by molar-refractivity contribution is 6.36. The number of halogens is 4. The number of hydrogen-bond donors (Lipinski definition) is 5. The number of aromatic nitrogens is 4. The number of methoxy groups -OCH3 is 1. The van der Waals surface area contributed by atoms with Gasteiger partial charge < -0.3 is 36.0 Å². The molecule has 1 saturated heterocycles. The molecule has 3 atom stereocenters. The number of alkyl carbamates (subject to hydrolysis) is 1. The largest absolute Gasteiger partial charge is 0.453 e. The van der Waals surface area contributed by atoms with Crippen molar-refractivity contribution in [2.45, 2.75) is 37.7 Å². The minimum atomic E-state index is -4.83. The Hall–Kier alpha value is -4.58. The fourth-order valence-electron chi connectivity index (χ4n) is 4.55. The SMILES string of the molecule is CCNc1nc(Nc2cc(C#N)cc(N3CC[C@@H](NC(=O)OC)[C@H](NCC(O)C(F)(F)F)C3)c2Cl)nn2c(C#N)cnc12. The smallest absolute Gasteiger partial charge is 0.415 e. The fourth-order valence-corrected chi connectivity index (χ4v) is 4.83. The average Bonchev–Trinajstić information content (AvgIpc) is 3.40. The number of alkyl halides is 3. The van der Waals surface area contributed by atoms with Crippen LogP contribution in [0.3, 0.4) is 0 Å². The molecule has 4 rings (SSSR count). The molecule has 0 spiro atoms. The van der Waals surface area contributed by atoms with Crippen LogP contribution in [0.5, 0.6) is 0 Å². The van der Waals surface area contributed by atoms with Crippen LogP contribution in [0.4, 0.5) is 41.1 Å². The third kappa shape index (κ3) is 7.08. The molecule has 14 nitrogen and oxygen atoms in total. The molecule has 18 heteroatoms. The third-order valence-electron chi connectivity index (χ3n) is 6.64. The zero-order chi connectivity index (χ0) is 31.3. The van der Waals surface area contributed by atoms with Crippen LogP contribution in [0, 0.1) is 22.7 Å². The number of aliphatic hydroxyl groups is 1. The first-order valence-electron chi connectivity index (χ1n) is 13.0. The van der Waals surface area contributed by atoms with Gasteiger partial charge in [-0.15, -0.1) is 5.10 Å². The predicted molar refractivity (Wildman–Crippen MR) is 149 cm³/mol. The predicted octanol–water partition coefficient (Wildman–Crippen LogP) is 2.51. The average molecular weight is 622 g/mol. The normalized spacial score (nSPS) is 17.6. The highest BCUT2D eigenvalue weighted by Crippen LogP contribution is 2.37. The number of nitrogens with zero attached hydrogens (tertiary/aromatic N) is 7. The lowest BCUT2D eigenvalue weighted by molar-refractivity contribution is -0.202. The van der Waals surface area contributed by atoms with Crippen molar-refractivity contribution in [3.8, 4) is 12.1 Å². The van der Waals surface area contributed by atoms with Gasteiger partial charge in [0.05, 0.1) is 47.4 Å². The van der Waals surface area contributed by atoms with Crippen molar-refractivity contribution in [2.75, 3.05) is 48.8 Å². The molecule has 1 aromatic carbocycles. The molecule has 1 amide bonds. The van der Waals surface area contributed by atoms with E-state index in [0.29, 0.717) is 30.2 Å². The Morgan fingerprint density at radius 1 is 1.30 bits per heavy atom. The van der Waals surface area contributed by atoms with Crippen molar-refractivity contribution in [3.05, 3.63) is 34.6 Å². The number of aliphatic hydroxyl groups excluding tert-OH is 1. The fraction of sp³-hybridized carbons (Fsp3) is 0.440. The molecule has 0 bridgehead atoms.